The van der Waals surface area contributed by atoms with Gasteiger partial charge >= 0.3 is 0 Å². The lowest BCUT2D eigenvalue weighted by Gasteiger charge is -2.17. The van der Waals surface area contributed by atoms with Gasteiger partial charge in [0.25, 0.3) is 0 Å². The van der Waals surface area contributed by atoms with Gasteiger partial charge < -0.3 is 10.1 Å². The van der Waals surface area contributed by atoms with E-state index in [1.54, 1.807) is 0 Å². The summed E-state index contributed by atoms with van der Waals surface area (Å²) in [7, 11) is 0. The van der Waals surface area contributed by atoms with Crippen molar-refractivity contribution in [2.24, 2.45) is 5.92 Å². The standard InChI is InChI=1S/C33H33NO2/c1-4-31(26-17-21-30(22-18-26)36-23-25-11-7-5-8-12-25)32(27-13-9-6-10-14-27)28-15-19-29(20-16-28)34-33(35)24(2)3/h5-22,24H,4,23H2,1-3H3,(H,34,35)/b32-31+. The molecule has 0 heterocycles. The Kier molecular flexibility index (Phi) is 8.36. The third kappa shape index (κ3) is 6.31. The molecular weight excluding hydrogens is 442 g/mol. The zero-order chi connectivity index (χ0) is 25.3. The topological polar surface area (TPSA) is 38.3 Å². The summed E-state index contributed by atoms with van der Waals surface area (Å²) in [6.07, 6.45) is 0.875. The number of benzene rings is 4. The van der Waals surface area contributed by atoms with Crippen molar-refractivity contribution in [3.63, 3.8) is 0 Å². The number of anilines is 1. The van der Waals surface area contributed by atoms with E-state index in [4.69, 9.17) is 4.74 Å². The molecule has 0 aromatic heterocycles. The summed E-state index contributed by atoms with van der Waals surface area (Å²) in [4.78, 5) is 12.1. The summed E-state index contributed by atoms with van der Waals surface area (Å²) < 4.78 is 6.00. The maximum Gasteiger partial charge on any atom is 0.226 e. The first kappa shape index (κ1) is 25.0. The molecule has 0 radical (unpaired) electrons. The molecule has 3 nitrogen and oxygen atoms in total. The second kappa shape index (κ2) is 12.0. The van der Waals surface area contributed by atoms with Crippen LogP contribution in [0.1, 0.15) is 49.4 Å². The van der Waals surface area contributed by atoms with Crippen molar-refractivity contribution in [2.75, 3.05) is 5.32 Å². The van der Waals surface area contributed by atoms with E-state index < -0.39 is 0 Å². The number of hydrogen-bond acceptors (Lipinski definition) is 2. The Morgan fingerprint density at radius 3 is 1.86 bits per heavy atom. The Hall–Kier alpha value is -4.11. The maximum atomic E-state index is 12.1. The molecule has 0 fully saturated rings. The molecule has 0 atom stereocenters. The molecule has 0 aliphatic heterocycles. The van der Waals surface area contributed by atoms with Crippen LogP contribution in [0.5, 0.6) is 5.75 Å². The van der Waals surface area contributed by atoms with Crippen molar-refractivity contribution in [1.29, 1.82) is 0 Å². The number of rotatable bonds is 9. The fraction of sp³-hybridized carbons (Fsp3) is 0.182. The highest BCUT2D eigenvalue weighted by molar-refractivity contribution is 5.99. The molecule has 0 bridgehead atoms. The SMILES string of the molecule is CC/C(=C(/c1ccccc1)c1ccc(NC(=O)C(C)C)cc1)c1ccc(OCc2ccccc2)cc1. The van der Waals surface area contributed by atoms with Crippen LogP contribution in [-0.4, -0.2) is 5.91 Å². The molecule has 4 aromatic rings. The van der Waals surface area contributed by atoms with Gasteiger partial charge in [0.1, 0.15) is 12.4 Å². The predicted molar refractivity (Wildman–Crippen MR) is 150 cm³/mol. The molecule has 4 rings (SSSR count). The van der Waals surface area contributed by atoms with Crippen LogP contribution in [-0.2, 0) is 11.4 Å². The van der Waals surface area contributed by atoms with E-state index in [0.717, 1.165) is 34.5 Å². The average Bonchev–Trinajstić information content (AvgIpc) is 2.92. The molecule has 1 amide bonds. The van der Waals surface area contributed by atoms with Gasteiger partial charge in [0, 0.05) is 11.6 Å². The average molecular weight is 476 g/mol. The zero-order valence-electron chi connectivity index (χ0n) is 21.2. The predicted octanol–water partition coefficient (Wildman–Crippen LogP) is 8.23. The van der Waals surface area contributed by atoms with E-state index in [2.05, 4.69) is 72.9 Å². The Morgan fingerprint density at radius 2 is 1.28 bits per heavy atom. The minimum atomic E-state index is -0.0595. The monoisotopic (exact) mass is 475 g/mol. The molecule has 36 heavy (non-hydrogen) atoms. The van der Waals surface area contributed by atoms with Crippen LogP contribution < -0.4 is 10.1 Å². The van der Waals surface area contributed by atoms with Crippen LogP contribution in [0.15, 0.2) is 109 Å². The van der Waals surface area contributed by atoms with Crippen LogP contribution in [0.2, 0.25) is 0 Å². The van der Waals surface area contributed by atoms with Crippen molar-refractivity contribution in [3.8, 4) is 5.75 Å². The maximum absolute atomic E-state index is 12.1. The molecular formula is C33H33NO2. The first-order chi connectivity index (χ1) is 17.5. The fourth-order valence-corrected chi connectivity index (χ4v) is 4.15. The van der Waals surface area contributed by atoms with Crippen molar-refractivity contribution < 1.29 is 9.53 Å². The number of allylic oxidation sites excluding steroid dienone is 1. The molecule has 0 saturated carbocycles. The lowest BCUT2D eigenvalue weighted by atomic mass is 9.88. The minimum absolute atomic E-state index is 0.0189. The zero-order valence-corrected chi connectivity index (χ0v) is 21.2. The Bertz CT molecular complexity index is 1290. The van der Waals surface area contributed by atoms with E-state index in [0.29, 0.717) is 6.61 Å². The van der Waals surface area contributed by atoms with Crippen LogP contribution in [0.4, 0.5) is 5.69 Å². The van der Waals surface area contributed by atoms with Gasteiger partial charge in [-0.05, 0) is 64.1 Å². The summed E-state index contributed by atoms with van der Waals surface area (Å²) in [5.41, 5.74) is 7.86. The molecule has 0 unspecified atom stereocenters. The summed E-state index contributed by atoms with van der Waals surface area (Å²) in [6, 6.07) is 37.2. The molecule has 0 saturated heterocycles. The second-order valence-electron chi connectivity index (χ2n) is 9.09. The highest BCUT2D eigenvalue weighted by atomic mass is 16.5. The number of ether oxygens (including phenoxy) is 1. The van der Waals surface area contributed by atoms with Crippen molar-refractivity contribution >= 4 is 22.7 Å². The molecule has 0 aliphatic carbocycles. The van der Waals surface area contributed by atoms with Crippen molar-refractivity contribution in [3.05, 3.63) is 131 Å². The van der Waals surface area contributed by atoms with E-state index in [1.807, 2.05) is 62.4 Å². The summed E-state index contributed by atoms with van der Waals surface area (Å²) >= 11 is 0. The van der Waals surface area contributed by atoms with E-state index >= 15 is 0 Å². The molecule has 3 heteroatoms. The normalized spacial score (nSPS) is 11.7. The van der Waals surface area contributed by atoms with Crippen LogP contribution in [0.3, 0.4) is 0 Å². The lowest BCUT2D eigenvalue weighted by Crippen LogP contribution is -2.17. The van der Waals surface area contributed by atoms with Crippen LogP contribution >= 0.6 is 0 Å². The fourth-order valence-electron chi connectivity index (χ4n) is 4.15. The van der Waals surface area contributed by atoms with Gasteiger partial charge in [-0.2, -0.15) is 0 Å². The Morgan fingerprint density at radius 1 is 0.722 bits per heavy atom. The van der Waals surface area contributed by atoms with Gasteiger partial charge in [0.05, 0.1) is 0 Å². The minimum Gasteiger partial charge on any atom is -0.489 e. The van der Waals surface area contributed by atoms with Crippen molar-refractivity contribution in [2.45, 2.75) is 33.8 Å². The van der Waals surface area contributed by atoms with E-state index in [1.165, 1.54) is 16.7 Å². The van der Waals surface area contributed by atoms with E-state index in [-0.39, 0.29) is 11.8 Å². The number of carbonyl (C=O) groups is 1. The molecule has 4 aromatic carbocycles. The van der Waals surface area contributed by atoms with Crippen LogP contribution in [0.25, 0.3) is 11.1 Å². The third-order valence-electron chi connectivity index (χ3n) is 6.13. The number of hydrogen-bond donors (Lipinski definition) is 1. The summed E-state index contributed by atoms with van der Waals surface area (Å²) in [6.45, 7) is 6.53. The lowest BCUT2D eigenvalue weighted by molar-refractivity contribution is -0.118. The number of nitrogens with one attached hydrogen (secondary N) is 1. The van der Waals surface area contributed by atoms with Gasteiger partial charge in [0.2, 0.25) is 5.91 Å². The van der Waals surface area contributed by atoms with Gasteiger partial charge in [-0.25, -0.2) is 0 Å². The highest BCUT2D eigenvalue weighted by Gasteiger charge is 2.14. The summed E-state index contributed by atoms with van der Waals surface area (Å²) in [5, 5.41) is 2.98. The quantitative estimate of drug-likeness (QED) is 0.248. The second-order valence-corrected chi connectivity index (χ2v) is 9.09. The van der Waals surface area contributed by atoms with Crippen LogP contribution in [0, 0.1) is 5.92 Å². The smallest absolute Gasteiger partial charge is 0.226 e. The first-order valence-electron chi connectivity index (χ1n) is 12.5. The third-order valence-corrected chi connectivity index (χ3v) is 6.13. The highest BCUT2D eigenvalue weighted by Crippen LogP contribution is 2.35. The molecule has 1 N–H and O–H groups in total. The molecule has 0 aliphatic rings. The Balaban J connectivity index is 1.65. The first-order valence-corrected chi connectivity index (χ1v) is 12.5. The van der Waals surface area contributed by atoms with E-state index in [9.17, 15) is 4.79 Å². The number of carbonyl (C=O) groups excluding carboxylic acids is 1. The molecule has 182 valence electrons. The van der Waals surface area contributed by atoms with Gasteiger partial charge in [0.15, 0.2) is 0 Å². The Labute approximate surface area is 214 Å². The van der Waals surface area contributed by atoms with Crippen molar-refractivity contribution in [1.82, 2.24) is 0 Å². The molecule has 0 spiro atoms. The van der Waals surface area contributed by atoms with Gasteiger partial charge in [-0.1, -0.05) is 106 Å². The largest absolute Gasteiger partial charge is 0.489 e. The van der Waals surface area contributed by atoms with Gasteiger partial charge in [-0.15, -0.1) is 0 Å². The summed E-state index contributed by atoms with van der Waals surface area (Å²) in [5.74, 6) is 0.811. The van der Waals surface area contributed by atoms with Gasteiger partial charge in [-0.3, -0.25) is 4.79 Å². The number of amides is 1.